The molecular formula is C17H13N7O2S2. The number of hydrogen-bond acceptors (Lipinski definition) is 10. The topological polar surface area (TPSA) is 116 Å². The van der Waals surface area contributed by atoms with Crippen LogP contribution in [0.5, 0.6) is 5.06 Å². The highest BCUT2D eigenvalue weighted by Gasteiger charge is 2.13. The van der Waals surface area contributed by atoms with Gasteiger partial charge in [-0.2, -0.15) is 0 Å². The van der Waals surface area contributed by atoms with Gasteiger partial charge in [-0.3, -0.25) is 10.3 Å². The number of anilines is 1. The van der Waals surface area contributed by atoms with E-state index in [9.17, 15) is 4.79 Å². The van der Waals surface area contributed by atoms with E-state index in [2.05, 4.69) is 35.1 Å². The summed E-state index contributed by atoms with van der Waals surface area (Å²) in [5.41, 5.74) is 5.87. The number of rotatable bonds is 4. The smallest absolute Gasteiger partial charge is 0.395 e. The number of aryl methyl sites for hydroxylation is 2. The number of nitrogens with one attached hydrogen (secondary N) is 1. The molecule has 3 aromatic heterocycles. The lowest BCUT2D eigenvalue weighted by Crippen LogP contribution is -2.17. The molecule has 0 unspecified atom stereocenters. The Morgan fingerprint density at radius 1 is 1.14 bits per heavy atom. The number of nitrogens with zero attached hydrogens (tertiary/aromatic N) is 6. The Hall–Kier alpha value is -3.31. The van der Waals surface area contributed by atoms with Gasteiger partial charge in [-0.15, -0.1) is 15.3 Å². The molecule has 0 aliphatic heterocycles. The first-order valence-corrected chi connectivity index (χ1v) is 9.73. The molecule has 4 rings (SSSR count). The SMILES string of the molecule is Cc1ccc(-c2nncs2)cc1-c1cnc(NC(=O)Oc2snnc2C)cn1. The largest absolute Gasteiger partial charge is 0.419 e. The van der Waals surface area contributed by atoms with Crippen LogP contribution in [0.2, 0.25) is 0 Å². The van der Waals surface area contributed by atoms with Gasteiger partial charge in [-0.05, 0) is 25.5 Å². The predicted molar refractivity (Wildman–Crippen MR) is 105 cm³/mol. The van der Waals surface area contributed by atoms with E-state index in [0.29, 0.717) is 16.5 Å². The number of ether oxygens (including phenoxy) is 1. The number of amides is 1. The van der Waals surface area contributed by atoms with Crippen LogP contribution in [0.25, 0.3) is 21.8 Å². The fourth-order valence-electron chi connectivity index (χ4n) is 2.39. The van der Waals surface area contributed by atoms with Gasteiger partial charge in [0.15, 0.2) is 5.82 Å². The molecule has 9 nitrogen and oxygen atoms in total. The lowest BCUT2D eigenvalue weighted by molar-refractivity contribution is 0.216. The van der Waals surface area contributed by atoms with Crippen LogP contribution in [0.15, 0.2) is 36.1 Å². The number of benzene rings is 1. The summed E-state index contributed by atoms with van der Waals surface area (Å²) in [6.07, 6.45) is 2.40. The van der Waals surface area contributed by atoms with Gasteiger partial charge >= 0.3 is 6.09 Å². The predicted octanol–water partition coefficient (Wildman–Crippen LogP) is 3.74. The van der Waals surface area contributed by atoms with E-state index in [0.717, 1.165) is 33.2 Å². The van der Waals surface area contributed by atoms with Crippen molar-refractivity contribution in [3.8, 4) is 26.9 Å². The van der Waals surface area contributed by atoms with Gasteiger partial charge in [-0.25, -0.2) is 9.78 Å². The van der Waals surface area contributed by atoms with Gasteiger partial charge in [0.05, 0.1) is 18.1 Å². The van der Waals surface area contributed by atoms with Crippen LogP contribution in [0.4, 0.5) is 10.6 Å². The zero-order valence-corrected chi connectivity index (χ0v) is 16.4. The average molecular weight is 411 g/mol. The molecule has 0 atom stereocenters. The molecule has 0 aliphatic rings. The van der Waals surface area contributed by atoms with E-state index in [1.54, 1.807) is 18.6 Å². The molecule has 1 amide bonds. The van der Waals surface area contributed by atoms with Crippen LogP contribution in [0.3, 0.4) is 0 Å². The second-order valence-electron chi connectivity index (χ2n) is 5.72. The molecule has 1 aromatic carbocycles. The molecule has 0 saturated carbocycles. The molecular weight excluding hydrogens is 398 g/mol. The van der Waals surface area contributed by atoms with E-state index in [-0.39, 0.29) is 5.82 Å². The third kappa shape index (κ3) is 3.85. The lowest BCUT2D eigenvalue weighted by Gasteiger charge is -2.08. The van der Waals surface area contributed by atoms with Crippen molar-refractivity contribution in [2.24, 2.45) is 0 Å². The maximum absolute atomic E-state index is 12.0. The summed E-state index contributed by atoms with van der Waals surface area (Å²) in [6, 6.07) is 6.00. The van der Waals surface area contributed by atoms with Gasteiger partial charge in [0.25, 0.3) is 0 Å². The van der Waals surface area contributed by atoms with Crippen LogP contribution >= 0.6 is 22.9 Å². The molecule has 11 heteroatoms. The quantitative estimate of drug-likeness (QED) is 0.540. The minimum absolute atomic E-state index is 0.279. The first kappa shape index (κ1) is 18.1. The molecule has 1 N–H and O–H groups in total. The molecule has 4 aromatic rings. The van der Waals surface area contributed by atoms with E-state index < -0.39 is 6.09 Å². The molecule has 0 spiro atoms. The zero-order valence-electron chi connectivity index (χ0n) is 14.8. The Kier molecular flexibility index (Phi) is 5.00. The molecule has 0 fully saturated rings. The lowest BCUT2D eigenvalue weighted by atomic mass is 10.0. The van der Waals surface area contributed by atoms with Gasteiger partial charge in [-0.1, -0.05) is 28.0 Å². The number of aromatic nitrogens is 6. The van der Waals surface area contributed by atoms with Crippen molar-refractivity contribution in [1.82, 2.24) is 29.8 Å². The molecule has 3 heterocycles. The number of carbonyl (C=O) groups excluding carboxylic acids is 1. The van der Waals surface area contributed by atoms with E-state index in [4.69, 9.17) is 4.74 Å². The summed E-state index contributed by atoms with van der Waals surface area (Å²) >= 11 is 2.47. The third-order valence-electron chi connectivity index (χ3n) is 3.80. The van der Waals surface area contributed by atoms with Gasteiger partial charge in [0.1, 0.15) is 16.2 Å². The number of hydrogen-bond donors (Lipinski definition) is 1. The average Bonchev–Trinajstić information content (AvgIpc) is 3.36. The fraction of sp³-hybridized carbons (Fsp3) is 0.118. The van der Waals surface area contributed by atoms with Crippen molar-refractivity contribution >= 4 is 34.8 Å². The maximum Gasteiger partial charge on any atom is 0.419 e. The van der Waals surface area contributed by atoms with Gasteiger partial charge < -0.3 is 4.74 Å². The summed E-state index contributed by atoms with van der Waals surface area (Å²) in [4.78, 5) is 20.6. The molecule has 0 radical (unpaired) electrons. The fourth-order valence-corrected chi connectivity index (χ4v) is 3.47. The Bertz CT molecular complexity index is 1110. The molecule has 0 saturated heterocycles. The van der Waals surface area contributed by atoms with Crippen molar-refractivity contribution in [2.45, 2.75) is 13.8 Å². The van der Waals surface area contributed by atoms with E-state index in [1.165, 1.54) is 17.5 Å². The van der Waals surface area contributed by atoms with E-state index in [1.807, 2.05) is 25.1 Å². The summed E-state index contributed by atoms with van der Waals surface area (Å²) in [5.74, 6) is 0.279. The monoisotopic (exact) mass is 411 g/mol. The highest BCUT2D eigenvalue weighted by Crippen LogP contribution is 2.29. The molecule has 28 heavy (non-hydrogen) atoms. The van der Waals surface area contributed by atoms with Gasteiger partial charge in [0.2, 0.25) is 5.06 Å². The second kappa shape index (κ2) is 7.74. The molecule has 140 valence electrons. The second-order valence-corrected chi connectivity index (χ2v) is 7.27. The van der Waals surface area contributed by atoms with Crippen LogP contribution in [0.1, 0.15) is 11.3 Å². The third-order valence-corrected chi connectivity index (χ3v) is 5.25. The Morgan fingerprint density at radius 3 is 2.71 bits per heavy atom. The minimum Gasteiger partial charge on any atom is -0.395 e. The minimum atomic E-state index is -0.675. The first-order valence-electron chi connectivity index (χ1n) is 8.07. The first-order chi connectivity index (χ1) is 13.6. The van der Waals surface area contributed by atoms with Crippen LogP contribution < -0.4 is 10.1 Å². The molecule has 0 aliphatic carbocycles. The van der Waals surface area contributed by atoms with Gasteiger partial charge in [0, 0.05) is 22.7 Å². The molecule has 0 bridgehead atoms. The Labute approximate surface area is 167 Å². The highest BCUT2D eigenvalue weighted by molar-refractivity contribution is 7.12. The summed E-state index contributed by atoms with van der Waals surface area (Å²) in [7, 11) is 0. The van der Waals surface area contributed by atoms with Crippen LogP contribution in [0, 0.1) is 13.8 Å². The summed E-state index contributed by atoms with van der Waals surface area (Å²) in [5, 5.41) is 15.5. The summed E-state index contributed by atoms with van der Waals surface area (Å²) < 4.78 is 8.86. The van der Waals surface area contributed by atoms with Crippen molar-refractivity contribution in [1.29, 1.82) is 0 Å². The standard InChI is InChI=1S/C17H13N7O2S2/c1-9-3-4-11(15-23-20-8-27-15)5-12(9)13-6-19-14(7-18-13)21-17(25)26-16-10(2)22-24-28-16/h3-8H,1-2H3,(H,19,21,25). The van der Waals surface area contributed by atoms with Crippen molar-refractivity contribution < 1.29 is 9.53 Å². The van der Waals surface area contributed by atoms with Crippen LogP contribution in [-0.4, -0.2) is 35.8 Å². The van der Waals surface area contributed by atoms with Crippen molar-refractivity contribution in [2.75, 3.05) is 5.32 Å². The van der Waals surface area contributed by atoms with Crippen LogP contribution in [-0.2, 0) is 0 Å². The number of carbonyl (C=O) groups is 1. The maximum atomic E-state index is 12.0. The normalized spacial score (nSPS) is 10.6. The summed E-state index contributed by atoms with van der Waals surface area (Å²) in [6.45, 7) is 3.70. The van der Waals surface area contributed by atoms with Crippen molar-refractivity contribution in [3.05, 3.63) is 47.4 Å². The van der Waals surface area contributed by atoms with E-state index >= 15 is 0 Å². The highest BCUT2D eigenvalue weighted by atomic mass is 32.1. The van der Waals surface area contributed by atoms with Crippen molar-refractivity contribution in [3.63, 3.8) is 0 Å². The zero-order chi connectivity index (χ0) is 19.5. The Morgan fingerprint density at radius 2 is 2.04 bits per heavy atom. The Balaban J connectivity index is 1.51.